The molecule has 0 spiro atoms. The van der Waals surface area contributed by atoms with E-state index in [0.717, 1.165) is 18.6 Å². The van der Waals surface area contributed by atoms with Gasteiger partial charge >= 0.3 is 0 Å². The van der Waals surface area contributed by atoms with E-state index in [1.165, 1.54) is 11.1 Å². The van der Waals surface area contributed by atoms with Crippen LogP contribution in [0.25, 0.3) is 0 Å². The first-order valence-corrected chi connectivity index (χ1v) is 6.00. The SMILES string of the molecule is COc1c(Cl)ccc(C)c1C1(C(C)N)CC1. The van der Waals surface area contributed by atoms with E-state index in [0.29, 0.717) is 5.02 Å². The zero-order valence-corrected chi connectivity index (χ0v) is 10.8. The van der Waals surface area contributed by atoms with Crippen molar-refractivity contribution in [2.75, 3.05) is 7.11 Å². The van der Waals surface area contributed by atoms with Crippen LogP contribution in [0, 0.1) is 6.92 Å². The third-order valence-corrected chi connectivity index (χ3v) is 3.98. The average Bonchev–Trinajstić information content (AvgIpc) is 3.02. The third-order valence-electron chi connectivity index (χ3n) is 3.68. The lowest BCUT2D eigenvalue weighted by atomic mass is 9.85. The van der Waals surface area contributed by atoms with Crippen LogP contribution in [0.15, 0.2) is 12.1 Å². The van der Waals surface area contributed by atoms with Crippen LogP contribution in [0.2, 0.25) is 5.02 Å². The molecule has 1 aromatic carbocycles. The Morgan fingerprint density at radius 2 is 2.06 bits per heavy atom. The maximum absolute atomic E-state index is 6.17. The van der Waals surface area contributed by atoms with Crippen molar-refractivity contribution >= 4 is 11.6 Å². The normalized spacial score (nSPS) is 19.3. The fourth-order valence-corrected chi connectivity index (χ4v) is 2.78. The summed E-state index contributed by atoms with van der Waals surface area (Å²) in [7, 11) is 1.67. The van der Waals surface area contributed by atoms with Crippen LogP contribution in [0.1, 0.15) is 30.9 Å². The molecule has 2 N–H and O–H groups in total. The number of hydrogen-bond acceptors (Lipinski definition) is 2. The summed E-state index contributed by atoms with van der Waals surface area (Å²) < 4.78 is 5.45. The van der Waals surface area contributed by atoms with Crippen LogP contribution in [-0.4, -0.2) is 13.2 Å². The number of halogens is 1. The number of ether oxygens (including phenoxy) is 1. The number of rotatable bonds is 3. The monoisotopic (exact) mass is 239 g/mol. The molecule has 0 saturated heterocycles. The van der Waals surface area contributed by atoms with E-state index in [1.807, 2.05) is 12.1 Å². The number of benzene rings is 1. The molecular formula is C13H18ClNO. The molecule has 0 aliphatic heterocycles. The number of nitrogens with two attached hydrogens (primary N) is 1. The Hall–Kier alpha value is -0.730. The van der Waals surface area contributed by atoms with Crippen molar-refractivity contribution in [1.29, 1.82) is 0 Å². The zero-order chi connectivity index (χ0) is 11.9. The Bertz CT molecular complexity index is 411. The molecule has 3 heteroatoms. The molecule has 88 valence electrons. The van der Waals surface area contributed by atoms with Gasteiger partial charge in [0, 0.05) is 17.0 Å². The fraction of sp³-hybridized carbons (Fsp3) is 0.538. The molecule has 0 radical (unpaired) electrons. The van der Waals surface area contributed by atoms with Crippen molar-refractivity contribution in [2.24, 2.45) is 5.73 Å². The highest BCUT2D eigenvalue weighted by Crippen LogP contribution is 2.55. The van der Waals surface area contributed by atoms with Crippen molar-refractivity contribution in [1.82, 2.24) is 0 Å². The molecule has 1 aliphatic rings. The van der Waals surface area contributed by atoms with Crippen molar-refractivity contribution in [3.63, 3.8) is 0 Å². The van der Waals surface area contributed by atoms with Gasteiger partial charge in [0.25, 0.3) is 0 Å². The van der Waals surface area contributed by atoms with E-state index >= 15 is 0 Å². The van der Waals surface area contributed by atoms with E-state index in [4.69, 9.17) is 22.1 Å². The van der Waals surface area contributed by atoms with Crippen molar-refractivity contribution < 1.29 is 4.74 Å². The van der Waals surface area contributed by atoms with Gasteiger partial charge in [-0.3, -0.25) is 0 Å². The van der Waals surface area contributed by atoms with Crippen LogP contribution in [-0.2, 0) is 5.41 Å². The van der Waals surface area contributed by atoms with Crippen LogP contribution >= 0.6 is 11.6 Å². The van der Waals surface area contributed by atoms with E-state index in [1.54, 1.807) is 7.11 Å². The van der Waals surface area contributed by atoms with Crippen LogP contribution in [0.4, 0.5) is 0 Å². The van der Waals surface area contributed by atoms with Gasteiger partial charge in [-0.1, -0.05) is 17.7 Å². The minimum absolute atomic E-state index is 0.0837. The van der Waals surface area contributed by atoms with E-state index < -0.39 is 0 Å². The summed E-state index contributed by atoms with van der Waals surface area (Å²) in [6.45, 7) is 4.16. The minimum Gasteiger partial charge on any atom is -0.495 e. The van der Waals surface area contributed by atoms with Crippen molar-refractivity contribution in [2.45, 2.75) is 38.1 Å². The van der Waals surface area contributed by atoms with Crippen LogP contribution < -0.4 is 10.5 Å². The second-order valence-corrected chi connectivity index (χ2v) is 5.12. The maximum Gasteiger partial charge on any atom is 0.141 e. The molecule has 1 unspecified atom stereocenters. The molecule has 1 fully saturated rings. The molecule has 0 amide bonds. The quantitative estimate of drug-likeness (QED) is 0.880. The number of aryl methyl sites for hydroxylation is 1. The molecule has 0 bridgehead atoms. The summed E-state index contributed by atoms with van der Waals surface area (Å²) in [5.74, 6) is 0.802. The lowest BCUT2D eigenvalue weighted by molar-refractivity contribution is 0.398. The zero-order valence-electron chi connectivity index (χ0n) is 10.0. The van der Waals surface area contributed by atoms with Gasteiger partial charge in [-0.2, -0.15) is 0 Å². The Balaban J connectivity index is 2.59. The second-order valence-electron chi connectivity index (χ2n) is 4.72. The van der Waals surface area contributed by atoms with Gasteiger partial charge in [-0.25, -0.2) is 0 Å². The van der Waals surface area contributed by atoms with Gasteiger partial charge < -0.3 is 10.5 Å². The molecule has 2 nitrogen and oxygen atoms in total. The Labute approximate surface area is 102 Å². The van der Waals surface area contributed by atoms with Crippen LogP contribution in [0.5, 0.6) is 5.75 Å². The summed E-state index contributed by atoms with van der Waals surface area (Å²) in [4.78, 5) is 0. The van der Waals surface area contributed by atoms with Crippen molar-refractivity contribution in [3.05, 3.63) is 28.3 Å². The van der Waals surface area contributed by atoms with Gasteiger partial charge in [0.15, 0.2) is 0 Å². The van der Waals surface area contributed by atoms with Gasteiger partial charge in [0.2, 0.25) is 0 Å². The summed E-state index contributed by atoms with van der Waals surface area (Å²) in [6, 6.07) is 4.07. The first-order valence-electron chi connectivity index (χ1n) is 5.62. The van der Waals surface area contributed by atoms with Crippen molar-refractivity contribution in [3.8, 4) is 5.75 Å². The molecule has 0 heterocycles. The highest BCUT2D eigenvalue weighted by atomic mass is 35.5. The Morgan fingerprint density at radius 3 is 2.50 bits per heavy atom. The maximum atomic E-state index is 6.17. The second kappa shape index (κ2) is 3.94. The fourth-order valence-electron chi connectivity index (χ4n) is 2.54. The van der Waals surface area contributed by atoms with E-state index in [9.17, 15) is 0 Å². The predicted octanol–water partition coefficient (Wildman–Crippen LogP) is 3.04. The molecule has 2 rings (SSSR count). The first-order chi connectivity index (χ1) is 7.53. The van der Waals surface area contributed by atoms with Gasteiger partial charge in [-0.05, 0) is 38.3 Å². The smallest absolute Gasteiger partial charge is 0.141 e. The lowest BCUT2D eigenvalue weighted by Gasteiger charge is -2.25. The largest absolute Gasteiger partial charge is 0.495 e. The number of hydrogen-bond donors (Lipinski definition) is 1. The summed E-state index contributed by atoms with van der Waals surface area (Å²) in [6.07, 6.45) is 2.25. The molecule has 1 aromatic rings. The molecule has 0 aromatic heterocycles. The first kappa shape index (κ1) is 11.7. The highest BCUT2D eigenvalue weighted by Gasteiger charge is 2.50. The van der Waals surface area contributed by atoms with E-state index in [2.05, 4.69) is 13.8 Å². The molecule has 1 saturated carbocycles. The summed E-state index contributed by atoms with van der Waals surface area (Å²) in [5.41, 5.74) is 8.62. The van der Waals surface area contributed by atoms with Crippen LogP contribution in [0.3, 0.4) is 0 Å². The minimum atomic E-state index is 0.0837. The van der Waals surface area contributed by atoms with Gasteiger partial charge in [-0.15, -0.1) is 0 Å². The molecule has 16 heavy (non-hydrogen) atoms. The highest BCUT2D eigenvalue weighted by molar-refractivity contribution is 6.32. The average molecular weight is 240 g/mol. The lowest BCUT2D eigenvalue weighted by Crippen LogP contribution is -2.32. The van der Waals surface area contributed by atoms with E-state index in [-0.39, 0.29) is 11.5 Å². The Morgan fingerprint density at radius 1 is 1.44 bits per heavy atom. The molecule has 1 aliphatic carbocycles. The Kier molecular flexibility index (Phi) is 2.89. The predicted molar refractivity (Wildman–Crippen MR) is 67.3 cm³/mol. The summed E-state index contributed by atoms with van der Waals surface area (Å²) >= 11 is 6.17. The topological polar surface area (TPSA) is 35.2 Å². The standard InChI is InChI=1S/C13H18ClNO/c1-8-4-5-10(14)12(16-3)11(8)13(6-7-13)9(2)15/h4-5,9H,6-7,15H2,1-3H3. The molecular weight excluding hydrogens is 222 g/mol. The third kappa shape index (κ3) is 1.61. The molecule has 1 atom stereocenters. The summed E-state index contributed by atoms with van der Waals surface area (Å²) in [5, 5.41) is 0.676. The number of methoxy groups -OCH3 is 1. The van der Waals surface area contributed by atoms with Gasteiger partial charge in [0.1, 0.15) is 5.75 Å². The van der Waals surface area contributed by atoms with Gasteiger partial charge in [0.05, 0.1) is 12.1 Å².